The molecule has 0 aliphatic carbocycles. The van der Waals surface area contributed by atoms with E-state index in [-0.39, 0.29) is 12.5 Å². The van der Waals surface area contributed by atoms with Gasteiger partial charge in [0.1, 0.15) is 0 Å². The lowest BCUT2D eigenvalue weighted by atomic mass is 10.2. The molecule has 15 heavy (non-hydrogen) atoms. The van der Waals surface area contributed by atoms with Gasteiger partial charge in [-0.05, 0) is 19.1 Å². The van der Waals surface area contributed by atoms with Crippen molar-refractivity contribution < 1.29 is 9.90 Å². The summed E-state index contributed by atoms with van der Waals surface area (Å²) in [7, 11) is 0. The summed E-state index contributed by atoms with van der Waals surface area (Å²) < 4.78 is 1.89. The number of fused-ring (bicyclic) bond motifs is 1. The van der Waals surface area contributed by atoms with Crippen LogP contribution < -0.4 is 0 Å². The molecule has 0 amide bonds. The van der Waals surface area contributed by atoms with Crippen LogP contribution in [0.3, 0.4) is 0 Å². The van der Waals surface area contributed by atoms with Crippen LogP contribution in [0.15, 0.2) is 30.6 Å². The van der Waals surface area contributed by atoms with E-state index in [1.165, 1.54) is 0 Å². The number of para-hydroxylation sites is 2. The second-order valence-electron chi connectivity index (χ2n) is 3.59. The molecule has 0 saturated carbocycles. The second-order valence-corrected chi connectivity index (χ2v) is 3.59. The normalized spacial score (nSPS) is 12.9. The van der Waals surface area contributed by atoms with E-state index in [0.717, 1.165) is 11.0 Å². The van der Waals surface area contributed by atoms with Crippen molar-refractivity contribution in [1.29, 1.82) is 0 Å². The highest BCUT2D eigenvalue weighted by Gasteiger charge is 2.11. The lowest BCUT2D eigenvalue weighted by Gasteiger charge is -2.11. The van der Waals surface area contributed by atoms with Crippen LogP contribution in [0.25, 0.3) is 11.0 Å². The number of imidazole rings is 1. The molecular formula is C11H12N2O2. The highest BCUT2D eigenvalue weighted by molar-refractivity contribution is 5.75. The van der Waals surface area contributed by atoms with Gasteiger partial charge in [0.2, 0.25) is 0 Å². The fourth-order valence-corrected chi connectivity index (χ4v) is 1.68. The third kappa shape index (κ3) is 1.83. The highest BCUT2D eigenvalue weighted by Crippen LogP contribution is 2.19. The minimum atomic E-state index is -0.791. The highest BCUT2D eigenvalue weighted by atomic mass is 16.4. The van der Waals surface area contributed by atoms with Crippen LogP contribution in [0.2, 0.25) is 0 Å². The molecule has 0 unspecified atom stereocenters. The van der Waals surface area contributed by atoms with Gasteiger partial charge in [-0.3, -0.25) is 4.79 Å². The molecule has 4 nitrogen and oxygen atoms in total. The van der Waals surface area contributed by atoms with Gasteiger partial charge >= 0.3 is 5.97 Å². The zero-order chi connectivity index (χ0) is 10.8. The number of carbonyl (C=O) groups is 1. The van der Waals surface area contributed by atoms with Gasteiger partial charge in [-0.15, -0.1) is 0 Å². The third-order valence-electron chi connectivity index (χ3n) is 2.43. The summed E-state index contributed by atoms with van der Waals surface area (Å²) in [6.07, 6.45) is 1.80. The molecule has 0 aliphatic rings. The van der Waals surface area contributed by atoms with Crippen LogP contribution in [0.4, 0.5) is 0 Å². The maximum Gasteiger partial charge on any atom is 0.305 e. The van der Waals surface area contributed by atoms with E-state index in [0.29, 0.717) is 0 Å². The van der Waals surface area contributed by atoms with E-state index in [9.17, 15) is 4.79 Å². The molecule has 2 aromatic rings. The summed E-state index contributed by atoms with van der Waals surface area (Å²) >= 11 is 0. The van der Waals surface area contributed by atoms with Gasteiger partial charge in [-0.2, -0.15) is 0 Å². The molecule has 0 fully saturated rings. The molecule has 78 valence electrons. The SMILES string of the molecule is C[C@H](CC(=O)O)n1cnc2ccccc21. The summed E-state index contributed by atoms with van der Waals surface area (Å²) in [6, 6.07) is 7.63. The van der Waals surface area contributed by atoms with Crippen molar-refractivity contribution in [3.8, 4) is 0 Å². The van der Waals surface area contributed by atoms with Gasteiger partial charge in [0.05, 0.1) is 23.8 Å². The van der Waals surface area contributed by atoms with Crippen LogP contribution in [0.1, 0.15) is 19.4 Å². The Morgan fingerprint density at radius 2 is 2.27 bits per heavy atom. The number of nitrogens with zero attached hydrogens (tertiary/aromatic N) is 2. The Morgan fingerprint density at radius 1 is 1.53 bits per heavy atom. The summed E-state index contributed by atoms with van der Waals surface area (Å²) in [6.45, 7) is 1.88. The minimum Gasteiger partial charge on any atom is -0.481 e. The lowest BCUT2D eigenvalue weighted by Crippen LogP contribution is -2.09. The van der Waals surface area contributed by atoms with Crippen LogP contribution in [-0.2, 0) is 4.79 Å². The molecule has 0 radical (unpaired) electrons. The number of hydrogen-bond acceptors (Lipinski definition) is 2. The second kappa shape index (κ2) is 3.73. The molecule has 1 aromatic heterocycles. The quantitative estimate of drug-likeness (QED) is 0.832. The van der Waals surface area contributed by atoms with Crippen molar-refractivity contribution in [3.05, 3.63) is 30.6 Å². The standard InChI is InChI=1S/C11H12N2O2/c1-8(6-11(14)15)13-7-12-9-4-2-3-5-10(9)13/h2-5,7-8H,6H2,1H3,(H,14,15)/t8-/m1/s1. The average molecular weight is 204 g/mol. The molecule has 1 aromatic carbocycles. The Hall–Kier alpha value is -1.84. The minimum absolute atomic E-state index is 0.0742. The first-order valence-electron chi connectivity index (χ1n) is 4.82. The number of benzene rings is 1. The van der Waals surface area contributed by atoms with Crippen molar-refractivity contribution in [1.82, 2.24) is 9.55 Å². The Labute approximate surface area is 87.2 Å². The van der Waals surface area contributed by atoms with Crippen LogP contribution in [0, 0.1) is 0 Å². The number of rotatable bonds is 3. The number of hydrogen-bond donors (Lipinski definition) is 1. The number of carboxylic acid groups (broad SMARTS) is 1. The van der Waals surface area contributed by atoms with Gasteiger partial charge in [-0.1, -0.05) is 12.1 Å². The largest absolute Gasteiger partial charge is 0.481 e. The van der Waals surface area contributed by atoms with Crippen molar-refractivity contribution in [2.24, 2.45) is 0 Å². The lowest BCUT2D eigenvalue weighted by molar-refractivity contribution is -0.137. The zero-order valence-electron chi connectivity index (χ0n) is 8.42. The van der Waals surface area contributed by atoms with Crippen LogP contribution >= 0.6 is 0 Å². The van der Waals surface area contributed by atoms with E-state index < -0.39 is 5.97 Å². The molecule has 0 aliphatic heterocycles. The topological polar surface area (TPSA) is 55.1 Å². The number of aromatic nitrogens is 2. The van der Waals surface area contributed by atoms with E-state index >= 15 is 0 Å². The summed E-state index contributed by atoms with van der Waals surface area (Å²) in [5.74, 6) is -0.791. The Bertz CT molecular complexity index is 490. The van der Waals surface area contributed by atoms with Gasteiger partial charge in [-0.25, -0.2) is 4.98 Å². The summed E-state index contributed by atoms with van der Waals surface area (Å²) in [4.78, 5) is 14.8. The molecule has 1 N–H and O–H groups in total. The van der Waals surface area contributed by atoms with Gasteiger partial charge < -0.3 is 9.67 Å². The monoisotopic (exact) mass is 204 g/mol. The predicted molar refractivity (Wildman–Crippen MR) is 56.7 cm³/mol. The fraction of sp³-hybridized carbons (Fsp3) is 0.273. The van der Waals surface area contributed by atoms with Gasteiger partial charge in [0.25, 0.3) is 0 Å². The van der Waals surface area contributed by atoms with Crippen molar-refractivity contribution in [2.45, 2.75) is 19.4 Å². The molecule has 1 heterocycles. The summed E-state index contributed by atoms with van der Waals surface area (Å²) in [5.41, 5.74) is 1.88. The third-order valence-corrected chi connectivity index (χ3v) is 2.43. The van der Waals surface area contributed by atoms with E-state index in [2.05, 4.69) is 4.98 Å². The molecule has 4 heteroatoms. The maximum atomic E-state index is 10.6. The van der Waals surface area contributed by atoms with Crippen LogP contribution in [-0.4, -0.2) is 20.6 Å². The molecule has 1 atom stereocenters. The predicted octanol–water partition coefficient (Wildman–Crippen LogP) is 2.07. The Morgan fingerprint density at radius 3 is 3.00 bits per heavy atom. The molecule has 0 bridgehead atoms. The van der Waals surface area contributed by atoms with Crippen molar-refractivity contribution in [3.63, 3.8) is 0 Å². The molecule has 0 saturated heterocycles. The van der Waals surface area contributed by atoms with E-state index in [4.69, 9.17) is 5.11 Å². The smallest absolute Gasteiger partial charge is 0.305 e. The summed E-state index contributed by atoms with van der Waals surface area (Å²) in [5, 5.41) is 8.72. The van der Waals surface area contributed by atoms with E-state index in [1.807, 2.05) is 35.8 Å². The fourth-order valence-electron chi connectivity index (χ4n) is 1.68. The molecular weight excluding hydrogens is 192 g/mol. The number of carboxylic acids is 1. The first-order chi connectivity index (χ1) is 7.18. The maximum absolute atomic E-state index is 10.6. The Kier molecular flexibility index (Phi) is 2.41. The first kappa shape index (κ1) is 9.71. The van der Waals surface area contributed by atoms with Crippen molar-refractivity contribution >= 4 is 17.0 Å². The molecule has 0 spiro atoms. The van der Waals surface area contributed by atoms with Crippen LogP contribution in [0.5, 0.6) is 0 Å². The Balaban J connectivity index is 2.39. The van der Waals surface area contributed by atoms with Gasteiger partial charge in [0.15, 0.2) is 0 Å². The molecule has 2 rings (SSSR count). The first-order valence-corrected chi connectivity index (χ1v) is 4.82. The van der Waals surface area contributed by atoms with E-state index in [1.54, 1.807) is 6.33 Å². The van der Waals surface area contributed by atoms with Gasteiger partial charge in [0, 0.05) is 6.04 Å². The van der Waals surface area contributed by atoms with Crippen molar-refractivity contribution in [2.75, 3.05) is 0 Å². The average Bonchev–Trinajstić information content (AvgIpc) is 2.59. The zero-order valence-corrected chi connectivity index (χ0v) is 8.42. The number of aliphatic carboxylic acids is 1.